The van der Waals surface area contributed by atoms with Crippen molar-refractivity contribution in [1.29, 1.82) is 0 Å². The number of hydrogen-bond donors (Lipinski definition) is 2. The average molecular weight is 145 g/mol. The van der Waals surface area contributed by atoms with E-state index in [9.17, 15) is 4.79 Å². The summed E-state index contributed by atoms with van der Waals surface area (Å²) in [7, 11) is 1.66. The Balaban J connectivity index is 4.38. The maximum Gasteiger partial charge on any atom is 0.323 e. The van der Waals surface area contributed by atoms with E-state index in [4.69, 9.17) is 5.11 Å². The van der Waals surface area contributed by atoms with Crippen molar-refractivity contribution in [2.24, 2.45) is 5.92 Å². The van der Waals surface area contributed by atoms with Crippen LogP contribution < -0.4 is 5.32 Å². The molecule has 0 aliphatic rings. The van der Waals surface area contributed by atoms with Crippen molar-refractivity contribution in [3.05, 3.63) is 0 Å². The average Bonchev–Trinajstić information content (AvgIpc) is 1.85. The molecule has 0 saturated carbocycles. The monoisotopic (exact) mass is 145 g/mol. The SMILES string of the molecule is CNC(C)(C(=O)O)C(C)C. The van der Waals surface area contributed by atoms with E-state index >= 15 is 0 Å². The van der Waals surface area contributed by atoms with E-state index in [1.54, 1.807) is 14.0 Å². The molecule has 0 radical (unpaired) electrons. The molecule has 0 fully saturated rings. The van der Waals surface area contributed by atoms with Crippen LogP contribution in [0.2, 0.25) is 0 Å². The summed E-state index contributed by atoms with van der Waals surface area (Å²) in [4.78, 5) is 10.6. The van der Waals surface area contributed by atoms with Crippen LogP contribution in [0, 0.1) is 5.92 Å². The maximum absolute atomic E-state index is 10.6. The first kappa shape index (κ1) is 9.43. The highest BCUT2D eigenvalue weighted by molar-refractivity contribution is 5.78. The molecule has 0 saturated heterocycles. The van der Waals surface area contributed by atoms with Gasteiger partial charge in [0.1, 0.15) is 5.54 Å². The van der Waals surface area contributed by atoms with Gasteiger partial charge in [-0.15, -0.1) is 0 Å². The van der Waals surface area contributed by atoms with E-state index in [0.717, 1.165) is 0 Å². The van der Waals surface area contributed by atoms with Gasteiger partial charge >= 0.3 is 5.97 Å². The van der Waals surface area contributed by atoms with Crippen molar-refractivity contribution in [2.45, 2.75) is 26.3 Å². The van der Waals surface area contributed by atoms with E-state index in [0.29, 0.717) is 0 Å². The first-order valence-corrected chi connectivity index (χ1v) is 3.37. The summed E-state index contributed by atoms with van der Waals surface area (Å²) < 4.78 is 0. The van der Waals surface area contributed by atoms with Gasteiger partial charge < -0.3 is 10.4 Å². The van der Waals surface area contributed by atoms with E-state index < -0.39 is 11.5 Å². The van der Waals surface area contributed by atoms with E-state index in [1.807, 2.05) is 13.8 Å². The summed E-state index contributed by atoms with van der Waals surface area (Å²) in [5.74, 6) is -0.708. The lowest BCUT2D eigenvalue weighted by atomic mass is 9.89. The van der Waals surface area contributed by atoms with E-state index in [1.165, 1.54) is 0 Å². The fourth-order valence-corrected chi connectivity index (χ4v) is 0.643. The zero-order valence-corrected chi connectivity index (χ0v) is 6.93. The summed E-state index contributed by atoms with van der Waals surface area (Å²) in [5.41, 5.74) is -0.792. The van der Waals surface area contributed by atoms with Crippen LogP contribution in [0.15, 0.2) is 0 Å². The zero-order valence-electron chi connectivity index (χ0n) is 6.93. The lowest BCUT2D eigenvalue weighted by molar-refractivity contribution is -0.145. The molecule has 0 aromatic carbocycles. The lowest BCUT2D eigenvalue weighted by Crippen LogP contribution is -2.51. The van der Waals surface area contributed by atoms with Gasteiger partial charge in [0, 0.05) is 0 Å². The van der Waals surface area contributed by atoms with Crippen LogP contribution in [0.5, 0.6) is 0 Å². The molecule has 0 amide bonds. The topological polar surface area (TPSA) is 49.3 Å². The predicted molar refractivity (Wildman–Crippen MR) is 39.9 cm³/mol. The molecule has 0 aliphatic heterocycles. The molecule has 3 heteroatoms. The number of hydrogen-bond acceptors (Lipinski definition) is 2. The predicted octanol–water partition coefficient (Wildman–Crippen LogP) is 0.705. The molecule has 0 aromatic heterocycles. The molecule has 2 N–H and O–H groups in total. The molecule has 0 aliphatic carbocycles. The second-order valence-electron chi connectivity index (χ2n) is 2.91. The third kappa shape index (κ3) is 1.48. The molecule has 3 nitrogen and oxygen atoms in total. The number of rotatable bonds is 3. The molecule has 0 heterocycles. The van der Waals surface area contributed by atoms with Gasteiger partial charge in [-0.2, -0.15) is 0 Å². The molecular formula is C7H15NO2. The Bertz CT molecular complexity index is 134. The smallest absolute Gasteiger partial charge is 0.323 e. The number of carboxylic acid groups (broad SMARTS) is 1. The minimum atomic E-state index is -0.801. The van der Waals surface area contributed by atoms with Crippen molar-refractivity contribution in [1.82, 2.24) is 5.32 Å². The quantitative estimate of drug-likeness (QED) is 0.614. The van der Waals surface area contributed by atoms with Gasteiger partial charge in [0.15, 0.2) is 0 Å². The molecular weight excluding hydrogens is 130 g/mol. The minimum Gasteiger partial charge on any atom is -0.480 e. The third-order valence-electron chi connectivity index (χ3n) is 2.12. The Kier molecular flexibility index (Phi) is 2.84. The minimum absolute atomic E-state index is 0.0926. The van der Waals surface area contributed by atoms with Crippen LogP contribution in [-0.2, 0) is 4.79 Å². The van der Waals surface area contributed by atoms with Crippen LogP contribution >= 0.6 is 0 Å². The summed E-state index contributed by atoms with van der Waals surface area (Å²) >= 11 is 0. The highest BCUT2D eigenvalue weighted by atomic mass is 16.4. The van der Waals surface area contributed by atoms with Gasteiger partial charge in [0.05, 0.1) is 0 Å². The van der Waals surface area contributed by atoms with E-state index in [-0.39, 0.29) is 5.92 Å². The van der Waals surface area contributed by atoms with Crippen LogP contribution in [-0.4, -0.2) is 23.7 Å². The normalized spacial score (nSPS) is 16.9. The molecule has 1 unspecified atom stereocenters. The standard InChI is InChI=1S/C7H15NO2/c1-5(2)7(3,8-4)6(9)10/h5,8H,1-4H3,(H,9,10). The Morgan fingerprint density at radius 1 is 1.60 bits per heavy atom. The maximum atomic E-state index is 10.6. The van der Waals surface area contributed by atoms with Gasteiger partial charge in [-0.1, -0.05) is 13.8 Å². The number of nitrogens with one attached hydrogen (secondary N) is 1. The first-order chi connectivity index (χ1) is 4.45. The second kappa shape index (κ2) is 3.01. The Labute approximate surface area is 61.4 Å². The van der Waals surface area contributed by atoms with Crippen molar-refractivity contribution in [3.8, 4) is 0 Å². The lowest BCUT2D eigenvalue weighted by Gasteiger charge is -2.28. The molecule has 0 rings (SSSR count). The van der Waals surface area contributed by atoms with Gasteiger partial charge in [0.2, 0.25) is 0 Å². The van der Waals surface area contributed by atoms with Gasteiger partial charge in [-0.05, 0) is 19.9 Å². The summed E-state index contributed by atoms with van der Waals surface area (Å²) in [5, 5.41) is 11.5. The fraction of sp³-hybridized carbons (Fsp3) is 0.857. The number of aliphatic carboxylic acids is 1. The summed E-state index contributed by atoms with van der Waals surface area (Å²) in [6.07, 6.45) is 0. The molecule has 10 heavy (non-hydrogen) atoms. The fourth-order valence-electron chi connectivity index (χ4n) is 0.643. The third-order valence-corrected chi connectivity index (χ3v) is 2.12. The largest absolute Gasteiger partial charge is 0.480 e. The van der Waals surface area contributed by atoms with Crippen LogP contribution in [0.4, 0.5) is 0 Å². The van der Waals surface area contributed by atoms with E-state index in [2.05, 4.69) is 5.32 Å². The van der Waals surface area contributed by atoms with Crippen molar-refractivity contribution in [3.63, 3.8) is 0 Å². The second-order valence-corrected chi connectivity index (χ2v) is 2.91. The van der Waals surface area contributed by atoms with Gasteiger partial charge in [0.25, 0.3) is 0 Å². The molecule has 60 valence electrons. The highest BCUT2D eigenvalue weighted by Gasteiger charge is 2.34. The Morgan fingerprint density at radius 3 is 2.00 bits per heavy atom. The number of likely N-dealkylation sites (N-methyl/N-ethyl adjacent to an activating group) is 1. The van der Waals surface area contributed by atoms with Crippen molar-refractivity contribution >= 4 is 5.97 Å². The summed E-state index contributed by atoms with van der Waals surface area (Å²) in [6.45, 7) is 5.44. The first-order valence-electron chi connectivity index (χ1n) is 3.37. The van der Waals surface area contributed by atoms with Gasteiger partial charge in [-0.25, -0.2) is 0 Å². The Hall–Kier alpha value is -0.570. The summed E-state index contributed by atoms with van der Waals surface area (Å²) in [6, 6.07) is 0. The van der Waals surface area contributed by atoms with Crippen molar-refractivity contribution in [2.75, 3.05) is 7.05 Å². The number of carboxylic acids is 1. The van der Waals surface area contributed by atoms with Gasteiger partial charge in [-0.3, -0.25) is 4.79 Å². The molecule has 0 aromatic rings. The molecule has 1 atom stereocenters. The molecule has 0 spiro atoms. The molecule has 0 bridgehead atoms. The van der Waals surface area contributed by atoms with Crippen LogP contribution in [0.3, 0.4) is 0 Å². The van der Waals surface area contributed by atoms with Crippen molar-refractivity contribution < 1.29 is 9.90 Å². The number of carbonyl (C=O) groups is 1. The zero-order chi connectivity index (χ0) is 8.36. The Morgan fingerprint density at radius 2 is 2.00 bits per heavy atom. The van der Waals surface area contributed by atoms with Crippen LogP contribution in [0.1, 0.15) is 20.8 Å². The highest BCUT2D eigenvalue weighted by Crippen LogP contribution is 2.15. The van der Waals surface area contributed by atoms with Crippen LogP contribution in [0.25, 0.3) is 0 Å².